The Morgan fingerprint density at radius 3 is 2.59 bits per heavy atom. The topological polar surface area (TPSA) is 46.9 Å². The predicted molar refractivity (Wildman–Crippen MR) is 136 cm³/mol. The fourth-order valence-corrected chi connectivity index (χ4v) is 4.89. The second-order valence-electron chi connectivity index (χ2n) is 9.06. The number of hydrogen-bond donors (Lipinski definition) is 1. The molecular formula is C27H37N3OS. The van der Waals surface area contributed by atoms with Gasteiger partial charge in [0.05, 0.1) is 17.0 Å². The summed E-state index contributed by atoms with van der Waals surface area (Å²) in [6.45, 7) is 12.5. The summed E-state index contributed by atoms with van der Waals surface area (Å²) in [6.07, 6.45) is 4.69. The summed E-state index contributed by atoms with van der Waals surface area (Å²) >= 11 is 1.65. The summed E-state index contributed by atoms with van der Waals surface area (Å²) in [5.74, 6) is 1.05. The van der Waals surface area contributed by atoms with Crippen molar-refractivity contribution < 1.29 is 4.79 Å². The van der Waals surface area contributed by atoms with E-state index < -0.39 is 0 Å². The van der Waals surface area contributed by atoms with Crippen LogP contribution in [0.1, 0.15) is 69.4 Å². The Kier molecular flexibility index (Phi) is 8.68. The Labute approximate surface area is 197 Å². The summed E-state index contributed by atoms with van der Waals surface area (Å²) in [6, 6.07) is 12.3. The summed E-state index contributed by atoms with van der Waals surface area (Å²) in [7, 11) is 0. The van der Waals surface area contributed by atoms with Crippen molar-refractivity contribution in [3.8, 4) is 22.0 Å². The number of hydrogen-bond acceptors (Lipinski definition) is 3. The maximum Gasteiger partial charge on any atom is 0.253 e. The van der Waals surface area contributed by atoms with E-state index >= 15 is 0 Å². The third kappa shape index (κ3) is 5.89. The minimum absolute atomic E-state index is 0.0275. The largest absolute Gasteiger partial charge is 0.352 e. The molecule has 1 amide bonds. The second kappa shape index (κ2) is 11.5. The van der Waals surface area contributed by atoms with E-state index in [2.05, 4.69) is 62.0 Å². The number of benzene rings is 1. The zero-order valence-corrected chi connectivity index (χ0v) is 21.0. The van der Waals surface area contributed by atoms with Crippen molar-refractivity contribution in [1.29, 1.82) is 0 Å². The van der Waals surface area contributed by atoms with Gasteiger partial charge in [0, 0.05) is 29.7 Å². The molecule has 3 aromatic rings. The number of carbonyl (C=O) groups excluding carboxylic acids is 1. The Bertz CT molecular complexity index is 1000. The molecule has 172 valence electrons. The van der Waals surface area contributed by atoms with E-state index in [0.717, 1.165) is 52.7 Å². The normalized spacial score (nSPS) is 12.3. The van der Waals surface area contributed by atoms with Crippen molar-refractivity contribution in [2.45, 2.75) is 66.8 Å². The Hall–Kier alpha value is -2.40. The Morgan fingerprint density at radius 2 is 1.94 bits per heavy atom. The van der Waals surface area contributed by atoms with Crippen LogP contribution >= 0.6 is 11.3 Å². The minimum atomic E-state index is 0.0275. The number of nitrogens with one attached hydrogen (secondary N) is 1. The van der Waals surface area contributed by atoms with E-state index in [-0.39, 0.29) is 5.91 Å². The first-order valence-electron chi connectivity index (χ1n) is 11.9. The average molecular weight is 452 g/mol. The van der Waals surface area contributed by atoms with Gasteiger partial charge in [-0.25, -0.2) is 4.98 Å². The van der Waals surface area contributed by atoms with Gasteiger partial charge in [-0.2, -0.15) is 0 Å². The van der Waals surface area contributed by atoms with Gasteiger partial charge in [0.2, 0.25) is 0 Å². The summed E-state index contributed by atoms with van der Waals surface area (Å²) < 4.78 is 2.26. The van der Waals surface area contributed by atoms with Crippen LogP contribution < -0.4 is 5.32 Å². The predicted octanol–water partition coefficient (Wildman–Crippen LogP) is 7.19. The molecule has 5 heteroatoms. The van der Waals surface area contributed by atoms with Gasteiger partial charge >= 0.3 is 0 Å². The highest BCUT2D eigenvalue weighted by molar-refractivity contribution is 7.13. The fourth-order valence-electron chi connectivity index (χ4n) is 4.07. The SMILES string of the molecule is CCCCC(CC)CNC(=O)c1cc(-c2csc(-c3ccccc3)n2)n(CC(C)C)c1C. The van der Waals surface area contributed by atoms with Crippen LogP contribution in [0.25, 0.3) is 22.0 Å². The van der Waals surface area contributed by atoms with Crippen molar-refractivity contribution >= 4 is 17.2 Å². The standard InChI is InChI=1S/C27H37N3OS/c1-6-8-12-21(7-2)16-28-26(31)23-15-25(30(20(23)5)17-19(3)4)24-18-32-27(29-24)22-13-10-9-11-14-22/h9-11,13-15,18-19,21H,6-8,12,16-17H2,1-5H3,(H,28,31). The molecule has 0 bridgehead atoms. The molecule has 32 heavy (non-hydrogen) atoms. The van der Waals surface area contributed by atoms with Crippen LogP contribution in [0.5, 0.6) is 0 Å². The quantitative estimate of drug-likeness (QED) is 0.335. The van der Waals surface area contributed by atoms with E-state index in [1.165, 1.54) is 19.3 Å². The molecule has 2 aromatic heterocycles. The van der Waals surface area contributed by atoms with Crippen LogP contribution in [0.4, 0.5) is 0 Å². The molecule has 1 unspecified atom stereocenters. The number of rotatable bonds is 11. The number of thiazole rings is 1. The van der Waals surface area contributed by atoms with Gasteiger partial charge in [-0.05, 0) is 31.2 Å². The molecule has 0 spiro atoms. The molecule has 1 atom stereocenters. The molecule has 1 aromatic carbocycles. The summed E-state index contributed by atoms with van der Waals surface area (Å²) in [5, 5.41) is 6.31. The molecular weight excluding hydrogens is 414 g/mol. The molecule has 0 aliphatic heterocycles. The van der Waals surface area contributed by atoms with Crippen LogP contribution in [-0.2, 0) is 6.54 Å². The van der Waals surface area contributed by atoms with E-state index in [9.17, 15) is 4.79 Å². The Balaban J connectivity index is 1.87. The van der Waals surface area contributed by atoms with Gasteiger partial charge in [0.15, 0.2) is 0 Å². The number of unbranched alkanes of at least 4 members (excludes halogenated alkanes) is 1. The first-order chi connectivity index (χ1) is 15.4. The van der Waals surface area contributed by atoms with Gasteiger partial charge in [-0.15, -0.1) is 11.3 Å². The lowest BCUT2D eigenvalue weighted by Gasteiger charge is -2.16. The smallest absolute Gasteiger partial charge is 0.253 e. The molecule has 0 aliphatic rings. The van der Waals surface area contributed by atoms with Crippen LogP contribution in [0.3, 0.4) is 0 Å². The van der Waals surface area contributed by atoms with E-state index in [0.29, 0.717) is 11.8 Å². The second-order valence-corrected chi connectivity index (χ2v) is 9.92. The van der Waals surface area contributed by atoms with Gasteiger partial charge in [0.1, 0.15) is 5.01 Å². The van der Waals surface area contributed by atoms with Crippen molar-refractivity contribution in [2.24, 2.45) is 11.8 Å². The third-order valence-electron chi connectivity index (χ3n) is 6.04. The third-order valence-corrected chi connectivity index (χ3v) is 6.93. The summed E-state index contributed by atoms with van der Waals surface area (Å²) in [5.41, 5.74) is 4.87. The molecule has 0 saturated heterocycles. The van der Waals surface area contributed by atoms with Gasteiger partial charge in [-0.3, -0.25) is 4.79 Å². The average Bonchev–Trinajstić information content (AvgIpc) is 3.40. The lowest BCUT2D eigenvalue weighted by Crippen LogP contribution is -2.29. The van der Waals surface area contributed by atoms with Gasteiger partial charge < -0.3 is 9.88 Å². The van der Waals surface area contributed by atoms with Crippen LogP contribution in [0.2, 0.25) is 0 Å². The summed E-state index contributed by atoms with van der Waals surface area (Å²) in [4.78, 5) is 18.0. The highest BCUT2D eigenvalue weighted by atomic mass is 32.1. The van der Waals surface area contributed by atoms with Crippen LogP contribution in [0, 0.1) is 18.8 Å². The lowest BCUT2D eigenvalue weighted by molar-refractivity contribution is 0.0945. The number of amides is 1. The van der Waals surface area contributed by atoms with Gasteiger partial charge in [0.25, 0.3) is 5.91 Å². The van der Waals surface area contributed by atoms with Crippen molar-refractivity contribution in [3.63, 3.8) is 0 Å². The highest BCUT2D eigenvalue weighted by Crippen LogP contribution is 2.32. The highest BCUT2D eigenvalue weighted by Gasteiger charge is 2.21. The maximum atomic E-state index is 13.1. The molecule has 3 rings (SSSR count). The minimum Gasteiger partial charge on any atom is -0.352 e. The molecule has 0 saturated carbocycles. The molecule has 0 aliphatic carbocycles. The molecule has 0 fully saturated rings. The maximum absolute atomic E-state index is 13.1. The van der Waals surface area contributed by atoms with Crippen molar-refractivity contribution in [2.75, 3.05) is 6.54 Å². The monoisotopic (exact) mass is 451 g/mol. The Morgan fingerprint density at radius 1 is 1.19 bits per heavy atom. The fraction of sp³-hybridized carbons (Fsp3) is 0.481. The van der Waals surface area contributed by atoms with Crippen LogP contribution in [-0.4, -0.2) is 22.0 Å². The first-order valence-corrected chi connectivity index (χ1v) is 12.8. The number of nitrogens with zero attached hydrogens (tertiary/aromatic N) is 2. The zero-order valence-electron chi connectivity index (χ0n) is 20.1. The lowest BCUT2D eigenvalue weighted by atomic mass is 9.99. The zero-order chi connectivity index (χ0) is 23.1. The van der Waals surface area contributed by atoms with Crippen molar-refractivity contribution in [1.82, 2.24) is 14.9 Å². The molecule has 2 heterocycles. The molecule has 4 nitrogen and oxygen atoms in total. The van der Waals surface area contributed by atoms with Crippen molar-refractivity contribution in [3.05, 3.63) is 53.0 Å². The van der Waals surface area contributed by atoms with E-state index in [1.807, 2.05) is 24.3 Å². The first kappa shape index (κ1) is 24.2. The molecule has 0 radical (unpaired) electrons. The van der Waals surface area contributed by atoms with Gasteiger partial charge in [-0.1, -0.05) is 77.3 Å². The number of carbonyl (C=O) groups is 1. The van der Waals surface area contributed by atoms with Crippen LogP contribution in [0.15, 0.2) is 41.8 Å². The number of aromatic nitrogens is 2. The molecule has 1 N–H and O–H groups in total. The van der Waals surface area contributed by atoms with E-state index in [1.54, 1.807) is 11.3 Å². The van der Waals surface area contributed by atoms with E-state index in [4.69, 9.17) is 4.98 Å².